The van der Waals surface area contributed by atoms with Crippen molar-refractivity contribution >= 4 is 5.97 Å². The van der Waals surface area contributed by atoms with Crippen LogP contribution in [0.25, 0.3) is 0 Å². The molecule has 1 saturated heterocycles. The number of nitrogens with zero attached hydrogens (tertiary/aromatic N) is 3. The maximum absolute atomic E-state index is 10.7. The molecule has 1 aliphatic rings. The monoisotopic (exact) mass is 245 g/mol. The van der Waals surface area contributed by atoms with E-state index in [1.54, 1.807) is 0 Å². The zero-order chi connectivity index (χ0) is 12.7. The van der Waals surface area contributed by atoms with Crippen molar-refractivity contribution in [3.63, 3.8) is 0 Å². The average Bonchev–Trinajstić information content (AvgIpc) is 2.34. The molecular weight excluding hydrogens is 222 g/mol. The maximum atomic E-state index is 10.7. The Morgan fingerprint density at radius 3 is 2.18 bits per heavy atom. The van der Waals surface area contributed by atoms with Crippen molar-refractivity contribution in [1.82, 2.24) is 14.7 Å². The van der Waals surface area contributed by atoms with Crippen LogP contribution in [0.2, 0.25) is 0 Å². The standard InChI is InChI=1S/C11H23N3O3/c1-12-2-4-13(8-9-15)6-7-14(5-3-12)10-11(16)17/h15H,2-10H2,1H3,(H,16,17). The molecule has 100 valence electrons. The van der Waals surface area contributed by atoms with Gasteiger partial charge in [-0.3, -0.25) is 14.6 Å². The number of rotatable bonds is 4. The molecule has 2 N–H and O–H groups in total. The van der Waals surface area contributed by atoms with E-state index in [-0.39, 0.29) is 13.2 Å². The zero-order valence-corrected chi connectivity index (χ0v) is 10.5. The smallest absolute Gasteiger partial charge is 0.317 e. The molecule has 1 rings (SSSR count). The predicted octanol–water partition coefficient (Wildman–Crippen LogP) is -1.39. The quantitative estimate of drug-likeness (QED) is 0.636. The van der Waals surface area contributed by atoms with Crippen LogP contribution in [0.1, 0.15) is 0 Å². The van der Waals surface area contributed by atoms with Crippen LogP contribution in [-0.2, 0) is 4.79 Å². The van der Waals surface area contributed by atoms with Crippen LogP contribution in [-0.4, -0.2) is 96.9 Å². The van der Waals surface area contributed by atoms with Gasteiger partial charge in [0.1, 0.15) is 0 Å². The third kappa shape index (κ3) is 5.97. The predicted molar refractivity (Wildman–Crippen MR) is 65.1 cm³/mol. The molecule has 17 heavy (non-hydrogen) atoms. The number of aliphatic hydroxyl groups is 1. The highest BCUT2D eigenvalue weighted by atomic mass is 16.4. The van der Waals surface area contributed by atoms with Crippen molar-refractivity contribution < 1.29 is 15.0 Å². The summed E-state index contributed by atoms with van der Waals surface area (Å²) >= 11 is 0. The molecule has 0 unspecified atom stereocenters. The minimum absolute atomic E-state index is 0.0980. The van der Waals surface area contributed by atoms with Gasteiger partial charge in [-0.15, -0.1) is 0 Å². The number of hydrogen-bond donors (Lipinski definition) is 2. The number of aliphatic hydroxyl groups excluding tert-OH is 1. The van der Waals surface area contributed by atoms with Gasteiger partial charge in [-0.2, -0.15) is 0 Å². The molecule has 0 radical (unpaired) electrons. The molecular formula is C11H23N3O3. The highest BCUT2D eigenvalue weighted by Gasteiger charge is 2.15. The minimum Gasteiger partial charge on any atom is -0.480 e. The van der Waals surface area contributed by atoms with E-state index < -0.39 is 5.97 Å². The van der Waals surface area contributed by atoms with Crippen molar-refractivity contribution in [2.45, 2.75) is 0 Å². The molecule has 0 aromatic rings. The van der Waals surface area contributed by atoms with Gasteiger partial charge in [-0.25, -0.2) is 0 Å². The van der Waals surface area contributed by atoms with Crippen molar-refractivity contribution in [3.8, 4) is 0 Å². The van der Waals surface area contributed by atoms with Crippen LogP contribution in [0, 0.1) is 0 Å². The lowest BCUT2D eigenvalue weighted by atomic mass is 10.4. The maximum Gasteiger partial charge on any atom is 0.317 e. The molecule has 0 bridgehead atoms. The van der Waals surface area contributed by atoms with E-state index in [0.29, 0.717) is 6.54 Å². The molecule has 0 aromatic carbocycles. The summed E-state index contributed by atoms with van der Waals surface area (Å²) in [5.74, 6) is -0.777. The second-order valence-corrected chi connectivity index (χ2v) is 4.54. The summed E-state index contributed by atoms with van der Waals surface area (Å²) in [5, 5.41) is 17.8. The molecule has 0 amide bonds. The van der Waals surface area contributed by atoms with Gasteiger partial charge < -0.3 is 15.1 Å². The fourth-order valence-corrected chi connectivity index (χ4v) is 1.96. The summed E-state index contributed by atoms with van der Waals surface area (Å²) in [6, 6.07) is 0. The van der Waals surface area contributed by atoms with Gasteiger partial charge in [0.2, 0.25) is 0 Å². The molecule has 0 spiro atoms. The number of carboxylic acids is 1. The van der Waals surface area contributed by atoms with E-state index in [0.717, 1.165) is 39.3 Å². The Morgan fingerprint density at radius 2 is 1.59 bits per heavy atom. The van der Waals surface area contributed by atoms with Crippen LogP contribution in [0.3, 0.4) is 0 Å². The van der Waals surface area contributed by atoms with Gasteiger partial charge in [0.15, 0.2) is 0 Å². The Morgan fingerprint density at radius 1 is 1.06 bits per heavy atom. The summed E-state index contributed by atoms with van der Waals surface area (Å²) in [4.78, 5) is 17.1. The number of carbonyl (C=O) groups is 1. The van der Waals surface area contributed by atoms with Gasteiger partial charge in [-0.05, 0) is 7.05 Å². The van der Waals surface area contributed by atoms with Crippen molar-refractivity contribution in [2.75, 3.05) is 66.0 Å². The van der Waals surface area contributed by atoms with Crippen molar-refractivity contribution in [2.24, 2.45) is 0 Å². The van der Waals surface area contributed by atoms with Gasteiger partial charge in [0.05, 0.1) is 13.2 Å². The fourth-order valence-electron chi connectivity index (χ4n) is 1.96. The molecule has 0 atom stereocenters. The van der Waals surface area contributed by atoms with Crippen LogP contribution in [0.15, 0.2) is 0 Å². The second-order valence-electron chi connectivity index (χ2n) is 4.54. The Bertz CT molecular complexity index is 238. The first kappa shape index (κ1) is 14.4. The van der Waals surface area contributed by atoms with Crippen LogP contribution in [0.5, 0.6) is 0 Å². The number of β-amino-alcohol motifs (C(OH)–C–C–N with tert-alkyl or cyclic N) is 1. The first-order chi connectivity index (χ1) is 8.11. The molecule has 6 heteroatoms. The normalized spacial score (nSPS) is 21.8. The largest absolute Gasteiger partial charge is 0.480 e. The lowest BCUT2D eigenvalue weighted by Crippen LogP contribution is -2.39. The topological polar surface area (TPSA) is 67.2 Å². The van der Waals surface area contributed by atoms with Crippen molar-refractivity contribution in [1.29, 1.82) is 0 Å². The first-order valence-corrected chi connectivity index (χ1v) is 6.07. The fraction of sp³-hybridized carbons (Fsp3) is 0.909. The van der Waals surface area contributed by atoms with Gasteiger partial charge in [0.25, 0.3) is 0 Å². The summed E-state index contributed by atoms with van der Waals surface area (Å²) in [6.45, 7) is 6.05. The Hall–Kier alpha value is -0.690. The summed E-state index contributed by atoms with van der Waals surface area (Å²) in [5.41, 5.74) is 0. The molecule has 0 aromatic heterocycles. The van der Waals surface area contributed by atoms with Crippen LogP contribution in [0.4, 0.5) is 0 Å². The Balaban J connectivity index is 2.49. The van der Waals surface area contributed by atoms with E-state index in [2.05, 4.69) is 9.80 Å². The lowest BCUT2D eigenvalue weighted by Gasteiger charge is -2.23. The summed E-state index contributed by atoms with van der Waals surface area (Å²) in [6.07, 6.45) is 0. The third-order valence-corrected chi connectivity index (χ3v) is 3.10. The van der Waals surface area contributed by atoms with E-state index in [1.807, 2.05) is 11.9 Å². The average molecular weight is 245 g/mol. The summed E-state index contributed by atoms with van der Waals surface area (Å²) < 4.78 is 0. The number of aliphatic carboxylic acids is 1. The van der Waals surface area contributed by atoms with E-state index in [1.165, 1.54) is 0 Å². The van der Waals surface area contributed by atoms with Crippen molar-refractivity contribution in [3.05, 3.63) is 0 Å². The molecule has 1 aliphatic heterocycles. The third-order valence-electron chi connectivity index (χ3n) is 3.10. The first-order valence-electron chi connectivity index (χ1n) is 6.07. The number of hydrogen-bond acceptors (Lipinski definition) is 5. The zero-order valence-electron chi connectivity index (χ0n) is 10.5. The number of likely N-dealkylation sites (N-methyl/N-ethyl adjacent to an activating group) is 1. The summed E-state index contributed by atoms with van der Waals surface area (Å²) in [7, 11) is 2.04. The highest BCUT2D eigenvalue weighted by molar-refractivity contribution is 5.69. The Labute approximate surface area is 102 Å². The highest BCUT2D eigenvalue weighted by Crippen LogP contribution is 1.98. The Kier molecular flexibility index (Phi) is 6.43. The van der Waals surface area contributed by atoms with Gasteiger partial charge in [0, 0.05) is 45.8 Å². The number of carboxylic acid groups (broad SMARTS) is 1. The van der Waals surface area contributed by atoms with Crippen LogP contribution >= 0.6 is 0 Å². The molecule has 1 fully saturated rings. The molecule has 1 heterocycles. The van der Waals surface area contributed by atoms with E-state index in [4.69, 9.17) is 10.2 Å². The van der Waals surface area contributed by atoms with Gasteiger partial charge in [-0.1, -0.05) is 0 Å². The van der Waals surface area contributed by atoms with Gasteiger partial charge >= 0.3 is 5.97 Å². The van der Waals surface area contributed by atoms with E-state index >= 15 is 0 Å². The minimum atomic E-state index is -0.777. The molecule has 0 aliphatic carbocycles. The second kappa shape index (κ2) is 7.60. The van der Waals surface area contributed by atoms with E-state index in [9.17, 15) is 4.79 Å². The molecule has 0 saturated carbocycles. The lowest BCUT2D eigenvalue weighted by molar-refractivity contribution is -0.138. The SMILES string of the molecule is CN1CCN(CCO)CCN(CC(=O)O)CC1. The molecule has 6 nitrogen and oxygen atoms in total. The van der Waals surface area contributed by atoms with Crippen LogP contribution < -0.4 is 0 Å².